The van der Waals surface area contributed by atoms with Crippen molar-refractivity contribution >= 4 is 17.2 Å². The number of thiophene rings is 1. The van der Waals surface area contributed by atoms with Crippen LogP contribution in [-0.2, 0) is 11.3 Å². The third-order valence-electron chi connectivity index (χ3n) is 2.59. The fourth-order valence-electron chi connectivity index (χ4n) is 1.62. The van der Waals surface area contributed by atoms with E-state index in [1.54, 1.807) is 29.4 Å². The van der Waals surface area contributed by atoms with Crippen LogP contribution in [0.2, 0.25) is 0 Å². The molecule has 1 N–H and O–H groups in total. The quantitative estimate of drug-likeness (QED) is 0.720. The van der Waals surface area contributed by atoms with Gasteiger partial charge in [-0.2, -0.15) is 11.3 Å². The van der Waals surface area contributed by atoms with Crippen LogP contribution in [0.1, 0.15) is 5.56 Å². The highest BCUT2D eigenvalue weighted by molar-refractivity contribution is 7.07. The molecule has 0 aliphatic heterocycles. The number of rotatable bonds is 8. The zero-order chi connectivity index (χ0) is 13.4. The van der Waals surface area contributed by atoms with Crippen molar-refractivity contribution in [2.24, 2.45) is 0 Å². The molecule has 4 nitrogen and oxygen atoms in total. The van der Waals surface area contributed by atoms with Crippen LogP contribution < -0.4 is 0 Å². The maximum absolute atomic E-state index is 12.0. The molecule has 0 bridgehead atoms. The summed E-state index contributed by atoms with van der Waals surface area (Å²) in [5.41, 5.74) is 1.15. The number of nitrogens with zero attached hydrogens (tertiary/aromatic N) is 2. The predicted molar refractivity (Wildman–Crippen MR) is 74.5 cm³/mol. The second-order valence-corrected chi connectivity index (χ2v) is 4.91. The number of aliphatic hydroxyl groups excluding tert-OH is 1. The summed E-state index contributed by atoms with van der Waals surface area (Å²) < 4.78 is 0. The maximum atomic E-state index is 12.0. The zero-order valence-electron chi connectivity index (χ0n) is 10.7. The molecule has 1 rings (SSSR count). The third kappa shape index (κ3) is 5.00. The molecular weight excluding hydrogens is 248 g/mol. The summed E-state index contributed by atoms with van der Waals surface area (Å²) in [4.78, 5) is 15.6. The standard InChI is InChI=1S/C13H20N2O2S/c1-3-5-15(6-7-16)10-13(17)14(2)9-12-4-8-18-11-12/h3-4,8,11,16H,1,5-7,9-10H2,2H3. The van der Waals surface area contributed by atoms with Gasteiger partial charge in [0.1, 0.15) is 0 Å². The summed E-state index contributed by atoms with van der Waals surface area (Å²) in [5, 5.41) is 13.0. The topological polar surface area (TPSA) is 43.8 Å². The predicted octanol–water partition coefficient (Wildman–Crippen LogP) is 1.19. The van der Waals surface area contributed by atoms with Crippen molar-refractivity contribution in [3.8, 4) is 0 Å². The van der Waals surface area contributed by atoms with E-state index >= 15 is 0 Å². The van der Waals surface area contributed by atoms with Crippen molar-refractivity contribution in [3.63, 3.8) is 0 Å². The molecule has 18 heavy (non-hydrogen) atoms. The van der Waals surface area contributed by atoms with Gasteiger partial charge in [0.25, 0.3) is 0 Å². The van der Waals surface area contributed by atoms with Crippen molar-refractivity contribution in [2.45, 2.75) is 6.54 Å². The van der Waals surface area contributed by atoms with Gasteiger partial charge in [-0.1, -0.05) is 6.08 Å². The van der Waals surface area contributed by atoms with Gasteiger partial charge in [-0.05, 0) is 22.4 Å². The number of carbonyl (C=O) groups excluding carboxylic acids is 1. The van der Waals surface area contributed by atoms with E-state index in [2.05, 4.69) is 6.58 Å². The van der Waals surface area contributed by atoms with Crippen LogP contribution >= 0.6 is 11.3 Å². The van der Waals surface area contributed by atoms with Crippen LogP contribution in [0.3, 0.4) is 0 Å². The SMILES string of the molecule is C=CCN(CCO)CC(=O)N(C)Cc1ccsc1. The minimum absolute atomic E-state index is 0.0510. The first-order chi connectivity index (χ1) is 8.67. The Bertz CT molecular complexity index is 365. The third-order valence-corrected chi connectivity index (χ3v) is 3.32. The van der Waals surface area contributed by atoms with Gasteiger partial charge in [-0.25, -0.2) is 0 Å². The molecule has 5 heteroatoms. The summed E-state index contributed by atoms with van der Waals surface area (Å²) in [6.07, 6.45) is 1.74. The number of likely N-dealkylation sites (N-methyl/N-ethyl adjacent to an activating group) is 1. The molecule has 0 aromatic carbocycles. The van der Waals surface area contributed by atoms with Crippen molar-refractivity contribution in [1.29, 1.82) is 0 Å². The monoisotopic (exact) mass is 268 g/mol. The summed E-state index contributed by atoms with van der Waals surface area (Å²) in [7, 11) is 1.80. The highest BCUT2D eigenvalue weighted by atomic mass is 32.1. The second kappa shape index (κ2) is 8.02. The lowest BCUT2D eigenvalue weighted by Gasteiger charge is -2.23. The minimum atomic E-state index is 0.0510. The van der Waals surface area contributed by atoms with Crippen LogP contribution in [0.4, 0.5) is 0 Å². The van der Waals surface area contributed by atoms with Crippen molar-refractivity contribution in [1.82, 2.24) is 9.80 Å². The summed E-state index contributed by atoms with van der Waals surface area (Å²) >= 11 is 1.63. The Morgan fingerprint density at radius 3 is 2.94 bits per heavy atom. The van der Waals surface area contributed by atoms with Crippen LogP contribution in [0.25, 0.3) is 0 Å². The van der Waals surface area contributed by atoms with Crippen molar-refractivity contribution < 1.29 is 9.90 Å². The molecule has 1 heterocycles. The lowest BCUT2D eigenvalue weighted by Crippen LogP contribution is -2.39. The fourth-order valence-corrected chi connectivity index (χ4v) is 2.28. The average molecular weight is 268 g/mol. The van der Waals surface area contributed by atoms with E-state index in [1.807, 2.05) is 21.7 Å². The Labute approximate surface area is 112 Å². The molecule has 0 saturated heterocycles. The normalized spacial score (nSPS) is 10.6. The van der Waals surface area contributed by atoms with E-state index in [4.69, 9.17) is 5.11 Å². The molecule has 1 amide bonds. The Morgan fingerprint density at radius 1 is 1.61 bits per heavy atom. The molecule has 1 aromatic rings. The van der Waals surface area contributed by atoms with Gasteiger partial charge in [0, 0.05) is 26.7 Å². The first kappa shape index (κ1) is 14.9. The average Bonchev–Trinajstić information content (AvgIpc) is 2.82. The molecule has 0 radical (unpaired) electrons. The van der Waals surface area contributed by atoms with Gasteiger partial charge >= 0.3 is 0 Å². The lowest BCUT2D eigenvalue weighted by atomic mass is 10.3. The molecule has 0 aliphatic carbocycles. The molecule has 0 saturated carbocycles. The maximum Gasteiger partial charge on any atom is 0.236 e. The van der Waals surface area contributed by atoms with E-state index in [-0.39, 0.29) is 12.5 Å². The Morgan fingerprint density at radius 2 is 2.39 bits per heavy atom. The smallest absolute Gasteiger partial charge is 0.236 e. The van der Waals surface area contributed by atoms with Crippen LogP contribution in [0, 0.1) is 0 Å². The highest BCUT2D eigenvalue weighted by Gasteiger charge is 2.13. The second-order valence-electron chi connectivity index (χ2n) is 4.13. The molecule has 0 fully saturated rings. The molecule has 100 valence electrons. The Balaban J connectivity index is 2.44. The number of carbonyl (C=O) groups is 1. The van der Waals surface area contributed by atoms with E-state index < -0.39 is 0 Å². The zero-order valence-corrected chi connectivity index (χ0v) is 11.5. The first-order valence-corrected chi connectivity index (χ1v) is 6.80. The number of amides is 1. The van der Waals surface area contributed by atoms with Gasteiger partial charge in [-0.15, -0.1) is 6.58 Å². The number of hydrogen-bond donors (Lipinski definition) is 1. The molecule has 1 aromatic heterocycles. The summed E-state index contributed by atoms with van der Waals surface area (Å²) in [5.74, 6) is 0.0523. The number of hydrogen-bond acceptors (Lipinski definition) is 4. The fraction of sp³-hybridized carbons (Fsp3) is 0.462. The van der Waals surface area contributed by atoms with Gasteiger partial charge < -0.3 is 10.0 Å². The van der Waals surface area contributed by atoms with Crippen LogP contribution in [-0.4, -0.2) is 54.1 Å². The van der Waals surface area contributed by atoms with Crippen molar-refractivity contribution in [3.05, 3.63) is 35.0 Å². The highest BCUT2D eigenvalue weighted by Crippen LogP contribution is 2.08. The molecule has 0 spiro atoms. The molecule has 0 aliphatic rings. The first-order valence-electron chi connectivity index (χ1n) is 5.86. The lowest BCUT2D eigenvalue weighted by molar-refractivity contribution is -0.131. The molecular formula is C13H20N2O2S. The van der Waals surface area contributed by atoms with Gasteiger partial charge in [0.15, 0.2) is 0 Å². The largest absolute Gasteiger partial charge is 0.395 e. The van der Waals surface area contributed by atoms with Gasteiger partial charge in [-0.3, -0.25) is 9.69 Å². The molecule has 0 unspecified atom stereocenters. The number of aliphatic hydroxyl groups is 1. The van der Waals surface area contributed by atoms with Crippen LogP contribution in [0.5, 0.6) is 0 Å². The summed E-state index contributed by atoms with van der Waals surface area (Å²) in [6.45, 7) is 5.74. The van der Waals surface area contributed by atoms with E-state index in [9.17, 15) is 4.79 Å². The van der Waals surface area contributed by atoms with Crippen molar-refractivity contribution in [2.75, 3.05) is 33.3 Å². The molecule has 0 atom stereocenters. The van der Waals surface area contributed by atoms with E-state index in [1.165, 1.54) is 0 Å². The van der Waals surface area contributed by atoms with E-state index in [0.29, 0.717) is 26.2 Å². The minimum Gasteiger partial charge on any atom is -0.395 e. The van der Waals surface area contributed by atoms with Gasteiger partial charge in [0.05, 0.1) is 13.2 Å². The summed E-state index contributed by atoms with van der Waals surface area (Å²) in [6, 6.07) is 2.02. The van der Waals surface area contributed by atoms with Crippen LogP contribution in [0.15, 0.2) is 29.5 Å². The van der Waals surface area contributed by atoms with Gasteiger partial charge in [0.2, 0.25) is 5.91 Å². The Kier molecular flexibility index (Phi) is 6.64. The van der Waals surface area contributed by atoms with E-state index in [0.717, 1.165) is 5.56 Å². The Hall–Kier alpha value is -1.17.